The van der Waals surface area contributed by atoms with Crippen LogP contribution in [0.4, 0.5) is 11.4 Å². The molecule has 272 valence electrons. The number of aromatic hydroxyl groups is 1. The number of Topliss-reactive ketones (excluding diaryl/α,β-unsaturated/α-hetero) is 2. The molecule has 13 nitrogen and oxygen atoms in total. The number of nitrogens with zero attached hydrogens (tertiary/aromatic N) is 2. The predicted octanol–water partition coefficient (Wildman–Crippen LogP) is 3.15. The first-order chi connectivity index (χ1) is 24.6. The van der Waals surface area contributed by atoms with E-state index in [-0.39, 0.29) is 34.7 Å². The number of hydrogen-bond donors (Lipinski definition) is 7. The number of amides is 2. The smallest absolute Gasteiger partial charge is 0.255 e. The number of fused-ring (bicyclic) bond motifs is 3. The number of halogens is 1. The fourth-order valence-electron chi connectivity index (χ4n) is 7.93. The van der Waals surface area contributed by atoms with Crippen molar-refractivity contribution in [1.29, 1.82) is 0 Å². The van der Waals surface area contributed by atoms with E-state index in [2.05, 4.69) is 10.6 Å². The summed E-state index contributed by atoms with van der Waals surface area (Å²) in [4.78, 5) is 57.2. The van der Waals surface area contributed by atoms with Gasteiger partial charge in [0.05, 0.1) is 22.3 Å². The quantitative estimate of drug-likeness (QED) is 0.126. The highest BCUT2D eigenvalue weighted by molar-refractivity contribution is 6.37. The van der Waals surface area contributed by atoms with Gasteiger partial charge < -0.3 is 36.4 Å². The average molecular weight is 730 g/mol. The van der Waals surface area contributed by atoms with Gasteiger partial charge in [0, 0.05) is 32.1 Å². The summed E-state index contributed by atoms with van der Waals surface area (Å²) in [6.07, 6.45) is -0.0594. The molecular weight excluding hydrogens is 690 g/mol. The number of hydrogen-bond acceptors (Lipinski definition) is 11. The third-order valence-electron chi connectivity index (χ3n) is 10.2. The molecule has 52 heavy (non-hydrogen) atoms. The molecule has 1 fully saturated rings. The summed E-state index contributed by atoms with van der Waals surface area (Å²) in [5, 5.41) is 52.8. The zero-order valence-corrected chi connectivity index (χ0v) is 29.7. The van der Waals surface area contributed by atoms with Gasteiger partial charge in [-0.15, -0.1) is 0 Å². The van der Waals surface area contributed by atoms with Gasteiger partial charge in [0.1, 0.15) is 28.8 Å². The lowest BCUT2D eigenvalue weighted by molar-refractivity contribution is -0.153. The first-order valence-corrected chi connectivity index (χ1v) is 17.0. The maximum Gasteiger partial charge on any atom is 0.255 e. The molecule has 0 bridgehead atoms. The normalized spacial score (nSPS) is 23.2. The van der Waals surface area contributed by atoms with Crippen LogP contribution in [-0.2, 0) is 32.1 Å². The van der Waals surface area contributed by atoms with Crippen molar-refractivity contribution in [2.75, 3.05) is 38.4 Å². The SMILES string of the molecule is CN(C)c1c(Cl)c(NC(=O)C(NCc2ccccc2)c2ccccc2)c(O)c2c1CC1CC3[C@H](N(C)C)C(=O)C(C(N)=O)=C(O)[C@@]3(O)C(=O)C1=C2O. The van der Waals surface area contributed by atoms with Gasteiger partial charge in [-0.25, -0.2) is 0 Å². The Kier molecular flexibility index (Phi) is 9.66. The number of phenolic OH excluding ortho intramolecular Hbond substituents is 1. The molecular formula is C38H40ClN5O8. The number of benzene rings is 3. The molecule has 0 aromatic heterocycles. The molecule has 0 radical (unpaired) electrons. The van der Waals surface area contributed by atoms with Crippen LogP contribution in [0.1, 0.15) is 34.7 Å². The number of aliphatic hydroxyl groups excluding tert-OH is 2. The number of carbonyl (C=O) groups excluding carboxylic acids is 4. The summed E-state index contributed by atoms with van der Waals surface area (Å²) in [5.41, 5.74) is 3.26. The minimum absolute atomic E-state index is 0.0226. The number of anilines is 2. The predicted molar refractivity (Wildman–Crippen MR) is 195 cm³/mol. The highest BCUT2D eigenvalue weighted by atomic mass is 35.5. The van der Waals surface area contributed by atoms with Gasteiger partial charge in [0.2, 0.25) is 11.7 Å². The van der Waals surface area contributed by atoms with E-state index >= 15 is 0 Å². The Bertz CT molecular complexity index is 2050. The summed E-state index contributed by atoms with van der Waals surface area (Å²) in [6, 6.07) is 16.3. The molecule has 0 saturated heterocycles. The summed E-state index contributed by atoms with van der Waals surface area (Å²) in [7, 11) is 6.44. The molecule has 0 heterocycles. The van der Waals surface area contributed by atoms with E-state index in [0.29, 0.717) is 23.4 Å². The van der Waals surface area contributed by atoms with Crippen molar-refractivity contribution in [3.63, 3.8) is 0 Å². The van der Waals surface area contributed by atoms with Gasteiger partial charge in [0.25, 0.3) is 5.91 Å². The fourth-order valence-corrected chi connectivity index (χ4v) is 8.35. The molecule has 0 spiro atoms. The van der Waals surface area contributed by atoms with E-state index in [1.165, 1.54) is 19.0 Å². The minimum Gasteiger partial charge on any atom is -0.508 e. The van der Waals surface area contributed by atoms with Crippen LogP contribution < -0.4 is 21.3 Å². The van der Waals surface area contributed by atoms with Gasteiger partial charge in [-0.3, -0.25) is 29.4 Å². The molecule has 0 aliphatic heterocycles. The van der Waals surface area contributed by atoms with Gasteiger partial charge in [0.15, 0.2) is 17.1 Å². The van der Waals surface area contributed by atoms with Crippen LogP contribution in [-0.4, -0.2) is 88.5 Å². The topological polar surface area (TPSA) is 206 Å². The summed E-state index contributed by atoms with van der Waals surface area (Å²) in [5.74, 6) is -8.42. The number of ketones is 2. The van der Waals surface area contributed by atoms with E-state index in [4.69, 9.17) is 17.3 Å². The highest BCUT2D eigenvalue weighted by Crippen LogP contribution is 2.56. The van der Waals surface area contributed by atoms with Gasteiger partial charge >= 0.3 is 0 Å². The van der Waals surface area contributed by atoms with Crippen molar-refractivity contribution in [3.8, 4) is 5.75 Å². The summed E-state index contributed by atoms with van der Waals surface area (Å²) in [6.45, 7) is 0.333. The standard InChI is InChI=1S/C38H40ClN5O8/c1-43(2)29-21-15-20-16-22-30(44(3)4)33(47)25(36(40)50)35(49)38(22,52)34(48)23(20)31(45)24(21)32(46)28(26(29)39)42-37(51)27(19-13-9-6-10-14-19)41-17-18-11-7-5-8-12-18/h5-14,20,22,27,30,41,45-46,49,52H,15-17H2,1-4H3,(H2,40,50)(H,42,51)/t20?,22?,27?,30-,38-/m0/s1. The number of nitrogens with two attached hydrogens (primary N) is 1. The maximum atomic E-state index is 14.3. The Labute approximate surface area is 305 Å². The molecule has 6 rings (SSSR count). The molecule has 3 unspecified atom stereocenters. The molecule has 8 N–H and O–H groups in total. The van der Waals surface area contributed by atoms with Gasteiger partial charge in [-0.1, -0.05) is 72.3 Å². The number of primary amides is 1. The Morgan fingerprint density at radius 1 is 1.00 bits per heavy atom. The van der Waals surface area contributed by atoms with E-state index < -0.39 is 75.7 Å². The van der Waals surface area contributed by atoms with E-state index in [1.807, 2.05) is 36.4 Å². The average Bonchev–Trinajstić information content (AvgIpc) is 3.08. The van der Waals surface area contributed by atoms with Gasteiger partial charge in [-0.05, 0) is 49.5 Å². The number of likely N-dealkylation sites (N-methyl/N-ethyl adjacent to an activating group) is 1. The van der Waals surface area contributed by atoms with Crippen molar-refractivity contribution in [2.45, 2.75) is 37.1 Å². The van der Waals surface area contributed by atoms with E-state index in [0.717, 1.165) is 5.56 Å². The second kappa shape index (κ2) is 13.7. The maximum absolute atomic E-state index is 14.3. The lowest BCUT2D eigenvalue weighted by Gasteiger charge is -2.50. The molecule has 14 heteroatoms. The lowest BCUT2D eigenvalue weighted by atomic mass is 9.57. The Morgan fingerprint density at radius 3 is 2.19 bits per heavy atom. The number of phenols is 1. The largest absolute Gasteiger partial charge is 0.508 e. The molecule has 5 atom stereocenters. The molecule has 2 amide bonds. The minimum atomic E-state index is -2.79. The second-order valence-electron chi connectivity index (χ2n) is 13.8. The number of carbonyl (C=O) groups is 4. The fraction of sp³-hybridized carbons (Fsp3) is 0.316. The van der Waals surface area contributed by atoms with Crippen molar-refractivity contribution < 1.29 is 39.6 Å². The number of aliphatic hydroxyl groups is 3. The zero-order valence-electron chi connectivity index (χ0n) is 29.0. The van der Waals surface area contributed by atoms with Crippen LogP contribution >= 0.6 is 11.6 Å². The molecule has 3 aromatic rings. The number of nitrogens with one attached hydrogen (secondary N) is 2. The van der Waals surface area contributed by atoms with Crippen LogP contribution in [0.3, 0.4) is 0 Å². The Balaban J connectivity index is 1.47. The molecule has 3 aromatic carbocycles. The molecule has 3 aliphatic carbocycles. The first kappa shape index (κ1) is 36.6. The van der Waals surface area contributed by atoms with Crippen molar-refractivity contribution in [3.05, 3.63) is 105 Å². The van der Waals surface area contributed by atoms with E-state index in [1.54, 1.807) is 43.3 Å². The monoisotopic (exact) mass is 729 g/mol. The second-order valence-corrected chi connectivity index (χ2v) is 14.2. The molecule has 1 saturated carbocycles. The van der Waals surface area contributed by atoms with Crippen LogP contribution in [0.5, 0.6) is 5.75 Å². The molecule has 3 aliphatic rings. The van der Waals surface area contributed by atoms with Crippen LogP contribution in [0.15, 0.2) is 77.6 Å². The highest BCUT2D eigenvalue weighted by Gasteiger charge is 2.64. The Morgan fingerprint density at radius 2 is 1.62 bits per heavy atom. The lowest BCUT2D eigenvalue weighted by Crippen LogP contribution is -2.65. The first-order valence-electron chi connectivity index (χ1n) is 16.6. The summed E-state index contributed by atoms with van der Waals surface area (Å²) >= 11 is 6.97. The van der Waals surface area contributed by atoms with Crippen LogP contribution in [0.2, 0.25) is 5.02 Å². The number of rotatable bonds is 9. The van der Waals surface area contributed by atoms with Crippen LogP contribution in [0.25, 0.3) is 5.76 Å². The summed E-state index contributed by atoms with van der Waals surface area (Å²) < 4.78 is 0. The van der Waals surface area contributed by atoms with Crippen LogP contribution in [0, 0.1) is 11.8 Å². The van der Waals surface area contributed by atoms with Crippen molar-refractivity contribution in [1.82, 2.24) is 10.2 Å². The third-order valence-corrected chi connectivity index (χ3v) is 10.6. The zero-order chi connectivity index (χ0) is 37.8. The third kappa shape index (κ3) is 5.79. The van der Waals surface area contributed by atoms with Crippen molar-refractivity contribution in [2.24, 2.45) is 17.6 Å². The van der Waals surface area contributed by atoms with E-state index in [9.17, 15) is 39.6 Å². The Hall–Kier alpha value is -5.21. The van der Waals surface area contributed by atoms with Crippen molar-refractivity contribution >= 4 is 52.1 Å². The van der Waals surface area contributed by atoms with Gasteiger partial charge in [-0.2, -0.15) is 0 Å².